The minimum Gasteiger partial charge on any atom is -0.378 e. The monoisotopic (exact) mass is 250 g/mol. The first-order valence-electron chi connectivity index (χ1n) is 6.20. The second-order valence-corrected chi connectivity index (χ2v) is 4.86. The van der Waals surface area contributed by atoms with Crippen LogP contribution in [0.5, 0.6) is 0 Å². The van der Waals surface area contributed by atoms with Gasteiger partial charge < -0.3 is 10.6 Å². The van der Waals surface area contributed by atoms with Crippen molar-refractivity contribution in [1.82, 2.24) is 4.98 Å². The molecule has 1 heterocycles. The zero-order valence-electron chi connectivity index (χ0n) is 10.5. The molecule has 1 aromatic heterocycles. The summed E-state index contributed by atoms with van der Waals surface area (Å²) in [5.74, 6) is 1.38. The minimum atomic E-state index is -0.511. The largest absolute Gasteiger partial charge is 0.378 e. The lowest BCUT2D eigenvalue weighted by Gasteiger charge is -2.22. The number of hydrogen-bond donors (Lipinski definition) is 1. The normalized spacial score (nSPS) is 15.8. The molecule has 1 aliphatic rings. The summed E-state index contributed by atoms with van der Waals surface area (Å²) < 4.78 is 0. The average molecular weight is 250 g/mol. The highest BCUT2D eigenvalue weighted by Gasteiger charge is 2.19. The Bertz CT molecular complexity index is 444. The van der Waals surface area contributed by atoms with E-state index in [-0.39, 0.29) is 11.5 Å². The smallest absolute Gasteiger partial charge is 0.311 e. The van der Waals surface area contributed by atoms with Crippen molar-refractivity contribution in [2.45, 2.75) is 25.7 Å². The number of hydrogen-bond acceptors (Lipinski definition) is 5. The van der Waals surface area contributed by atoms with Gasteiger partial charge in [0.15, 0.2) is 0 Å². The molecule has 1 fully saturated rings. The maximum Gasteiger partial charge on any atom is 0.311 e. The number of aromatic nitrogens is 1. The molecule has 0 atom stereocenters. The SMILES string of the molecule is CN(CC1CCCC1)c1ccc([N+](=O)[O-])c(N)n1. The number of nitrogens with zero attached hydrogens (tertiary/aromatic N) is 3. The number of nitrogens with two attached hydrogens (primary N) is 1. The predicted octanol–water partition coefficient (Wildman–Crippen LogP) is 2.20. The zero-order valence-corrected chi connectivity index (χ0v) is 10.5. The van der Waals surface area contributed by atoms with E-state index in [0.29, 0.717) is 11.7 Å². The summed E-state index contributed by atoms with van der Waals surface area (Å²) >= 11 is 0. The van der Waals surface area contributed by atoms with Gasteiger partial charge in [-0.3, -0.25) is 10.1 Å². The predicted molar refractivity (Wildman–Crippen MR) is 70.5 cm³/mol. The highest BCUT2D eigenvalue weighted by Crippen LogP contribution is 2.27. The fourth-order valence-corrected chi connectivity index (χ4v) is 2.50. The summed E-state index contributed by atoms with van der Waals surface area (Å²) in [6, 6.07) is 3.08. The highest BCUT2D eigenvalue weighted by molar-refractivity contribution is 5.57. The second-order valence-electron chi connectivity index (χ2n) is 4.86. The molecule has 0 amide bonds. The molecule has 0 radical (unpaired) electrons. The van der Waals surface area contributed by atoms with E-state index in [9.17, 15) is 10.1 Å². The van der Waals surface area contributed by atoms with Crippen LogP contribution >= 0.6 is 0 Å². The lowest BCUT2D eigenvalue weighted by atomic mass is 10.1. The molecule has 1 aliphatic carbocycles. The van der Waals surface area contributed by atoms with E-state index in [1.165, 1.54) is 31.7 Å². The first-order chi connectivity index (χ1) is 8.58. The quantitative estimate of drug-likeness (QED) is 0.654. The van der Waals surface area contributed by atoms with Crippen molar-refractivity contribution >= 4 is 17.3 Å². The fraction of sp³-hybridized carbons (Fsp3) is 0.583. The molecule has 98 valence electrons. The molecule has 0 aromatic carbocycles. The van der Waals surface area contributed by atoms with Crippen molar-refractivity contribution in [3.05, 3.63) is 22.2 Å². The van der Waals surface area contributed by atoms with Gasteiger partial charge in [0, 0.05) is 19.7 Å². The van der Waals surface area contributed by atoms with Crippen LogP contribution < -0.4 is 10.6 Å². The van der Waals surface area contributed by atoms with Gasteiger partial charge in [-0.15, -0.1) is 0 Å². The summed E-state index contributed by atoms with van der Waals surface area (Å²) in [5.41, 5.74) is 5.46. The van der Waals surface area contributed by atoms with Gasteiger partial charge in [0.2, 0.25) is 5.82 Å². The zero-order chi connectivity index (χ0) is 13.1. The van der Waals surface area contributed by atoms with E-state index in [2.05, 4.69) is 4.98 Å². The number of rotatable bonds is 4. The molecular weight excluding hydrogens is 232 g/mol. The average Bonchev–Trinajstić information content (AvgIpc) is 2.81. The van der Waals surface area contributed by atoms with E-state index < -0.39 is 4.92 Å². The van der Waals surface area contributed by atoms with Crippen molar-refractivity contribution < 1.29 is 4.92 Å². The molecule has 0 saturated heterocycles. The third-order valence-corrected chi connectivity index (χ3v) is 3.48. The second kappa shape index (κ2) is 5.20. The van der Waals surface area contributed by atoms with E-state index in [1.807, 2.05) is 11.9 Å². The lowest BCUT2D eigenvalue weighted by molar-refractivity contribution is -0.384. The topological polar surface area (TPSA) is 85.3 Å². The Balaban J connectivity index is 2.08. The summed E-state index contributed by atoms with van der Waals surface area (Å²) in [5, 5.41) is 10.7. The first-order valence-corrected chi connectivity index (χ1v) is 6.20. The third-order valence-electron chi connectivity index (χ3n) is 3.48. The molecule has 6 nitrogen and oxygen atoms in total. The Hall–Kier alpha value is -1.85. The van der Waals surface area contributed by atoms with Gasteiger partial charge >= 0.3 is 5.69 Å². The van der Waals surface area contributed by atoms with Gasteiger partial charge in [-0.2, -0.15) is 0 Å². The number of pyridine rings is 1. The Morgan fingerprint density at radius 2 is 2.17 bits per heavy atom. The van der Waals surface area contributed by atoms with Crippen LogP contribution in [0, 0.1) is 16.0 Å². The van der Waals surface area contributed by atoms with Crippen LogP contribution in [0.25, 0.3) is 0 Å². The van der Waals surface area contributed by atoms with E-state index in [1.54, 1.807) is 6.07 Å². The van der Waals surface area contributed by atoms with E-state index in [0.717, 1.165) is 6.54 Å². The van der Waals surface area contributed by atoms with Crippen molar-refractivity contribution in [3.8, 4) is 0 Å². The Labute approximate surface area is 106 Å². The molecule has 18 heavy (non-hydrogen) atoms. The van der Waals surface area contributed by atoms with Crippen LogP contribution in [0.4, 0.5) is 17.3 Å². The number of nitro groups is 1. The van der Waals surface area contributed by atoms with E-state index >= 15 is 0 Å². The molecule has 2 rings (SSSR count). The maximum absolute atomic E-state index is 10.7. The summed E-state index contributed by atoms with van der Waals surface area (Å²) in [6.45, 7) is 0.935. The van der Waals surface area contributed by atoms with Crippen molar-refractivity contribution in [2.75, 3.05) is 24.2 Å². The van der Waals surface area contributed by atoms with E-state index in [4.69, 9.17) is 5.73 Å². The summed E-state index contributed by atoms with van der Waals surface area (Å²) in [4.78, 5) is 16.3. The Morgan fingerprint density at radius 3 is 2.72 bits per heavy atom. The minimum absolute atomic E-state index is 0.0178. The van der Waals surface area contributed by atoms with Crippen LogP contribution in [0.1, 0.15) is 25.7 Å². The highest BCUT2D eigenvalue weighted by atomic mass is 16.6. The molecule has 0 bridgehead atoms. The van der Waals surface area contributed by atoms with Crippen LogP contribution in [-0.2, 0) is 0 Å². The maximum atomic E-state index is 10.7. The van der Waals surface area contributed by atoms with Gasteiger partial charge in [0.05, 0.1) is 4.92 Å². The fourth-order valence-electron chi connectivity index (χ4n) is 2.50. The molecule has 0 unspecified atom stereocenters. The van der Waals surface area contributed by atoms with Gasteiger partial charge in [-0.25, -0.2) is 4.98 Å². The van der Waals surface area contributed by atoms with Gasteiger partial charge in [0.25, 0.3) is 0 Å². The molecule has 1 saturated carbocycles. The number of anilines is 2. The molecule has 1 aromatic rings. The van der Waals surface area contributed by atoms with Crippen molar-refractivity contribution in [3.63, 3.8) is 0 Å². The van der Waals surface area contributed by atoms with Crippen molar-refractivity contribution in [1.29, 1.82) is 0 Å². The Morgan fingerprint density at radius 1 is 1.50 bits per heavy atom. The van der Waals surface area contributed by atoms with Crippen LogP contribution in [0.3, 0.4) is 0 Å². The van der Waals surface area contributed by atoms with Crippen LogP contribution in [-0.4, -0.2) is 23.5 Å². The van der Waals surface area contributed by atoms with Crippen LogP contribution in [0.15, 0.2) is 12.1 Å². The standard InChI is InChI=1S/C12H18N4O2/c1-15(8-9-4-2-3-5-9)11-7-6-10(16(17)18)12(13)14-11/h6-7,9H,2-5,8H2,1H3,(H2,13,14). The van der Waals surface area contributed by atoms with Gasteiger partial charge in [-0.1, -0.05) is 12.8 Å². The molecule has 0 aliphatic heterocycles. The molecule has 6 heteroatoms. The summed E-state index contributed by atoms with van der Waals surface area (Å²) in [6.07, 6.45) is 5.11. The molecule has 0 spiro atoms. The molecule has 2 N–H and O–H groups in total. The first kappa shape index (κ1) is 12.6. The lowest BCUT2D eigenvalue weighted by Crippen LogP contribution is -2.25. The summed E-state index contributed by atoms with van der Waals surface area (Å²) in [7, 11) is 1.95. The van der Waals surface area contributed by atoms with Crippen molar-refractivity contribution in [2.24, 2.45) is 5.92 Å². The molecular formula is C12H18N4O2. The van der Waals surface area contributed by atoms with Gasteiger partial charge in [0.1, 0.15) is 5.82 Å². The number of nitrogen functional groups attached to an aromatic ring is 1. The third kappa shape index (κ3) is 2.69. The van der Waals surface area contributed by atoms with Crippen LogP contribution in [0.2, 0.25) is 0 Å². The Kier molecular flexibility index (Phi) is 3.64. The van der Waals surface area contributed by atoms with Gasteiger partial charge in [-0.05, 0) is 24.8 Å².